The molecule has 0 aliphatic heterocycles. The highest BCUT2D eigenvalue weighted by Crippen LogP contribution is 2.31. The molecular weight excluding hydrogens is 468 g/mol. The zero-order valence-electron chi connectivity index (χ0n) is 16.4. The van der Waals surface area contributed by atoms with Crippen LogP contribution >= 0.6 is 11.8 Å². The molecule has 0 amide bonds. The van der Waals surface area contributed by atoms with Crippen LogP contribution in [0.5, 0.6) is 0 Å². The van der Waals surface area contributed by atoms with Gasteiger partial charge in [-0.1, -0.05) is 11.8 Å². The Bertz CT molecular complexity index is 1020. The highest BCUT2D eigenvalue weighted by Gasteiger charge is 2.37. The first-order chi connectivity index (χ1) is 14.8. The van der Waals surface area contributed by atoms with E-state index < -0.39 is 46.9 Å². The van der Waals surface area contributed by atoms with E-state index in [1.54, 1.807) is 0 Å². The maximum Gasteiger partial charge on any atom is 0.451 e. The van der Waals surface area contributed by atoms with Crippen molar-refractivity contribution in [2.24, 2.45) is 17.3 Å². The summed E-state index contributed by atoms with van der Waals surface area (Å²) in [5.74, 6) is -3.48. The van der Waals surface area contributed by atoms with Gasteiger partial charge in [-0.3, -0.25) is 0 Å². The van der Waals surface area contributed by atoms with Crippen LogP contribution in [0.3, 0.4) is 0 Å². The number of thioether (sulfide) groups is 1. The first-order valence-electron chi connectivity index (χ1n) is 8.62. The molecule has 32 heavy (non-hydrogen) atoms. The molecule has 0 aliphatic carbocycles. The third kappa shape index (κ3) is 6.45. The smallest absolute Gasteiger partial charge is 0.451 e. The maximum absolute atomic E-state index is 12.8. The molecule has 0 saturated heterocycles. The van der Waals surface area contributed by atoms with E-state index in [9.17, 15) is 36.2 Å². The van der Waals surface area contributed by atoms with Gasteiger partial charge in [0.15, 0.2) is 5.16 Å². The van der Waals surface area contributed by atoms with Gasteiger partial charge in [-0.25, -0.2) is 4.79 Å². The lowest BCUT2D eigenvalue weighted by Crippen LogP contribution is -2.13. The van der Waals surface area contributed by atoms with E-state index in [1.807, 2.05) is 0 Å². The van der Waals surface area contributed by atoms with E-state index in [0.717, 1.165) is 31.3 Å². The molecule has 0 spiro atoms. The third-order valence-corrected chi connectivity index (χ3v) is 4.66. The monoisotopic (exact) mass is 483 g/mol. The molecule has 2 rings (SSSR count). The van der Waals surface area contributed by atoms with Gasteiger partial charge < -0.3 is 14.4 Å². The first-order valence-corrected chi connectivity index (χ1v) is 9.60. The Morgan fingerprint density at radius 3 is 2.25 bits per heavy atom. The Morgan fingerprint density at radius 2 is 1.75 bits per heavy atom. The van der Waals surface area contributed by atoms with Gasteiger partial charge in [0.25, 0.3) is 0 Å². The fourth-order valence-electron chi connectivity index (χ4n) is 2.13. The lowest BCUT2D eigenvalue weighted by Gasteiger charge is -2.07. The van der Waals surface area contributed by atoms with Crippen LogP contribution in [0.15, 0.2) is 51.1 Å². The van der Waals surface area contributed by atoms with Gasteiger partial charge >= 0.3 is 18.3 Å². The third-order valence-electron chi connectivity index (χ3n) is 3.63. The number of halogens is 6. The molecule has 0 radical (unpaired) electrons. The van der Waals surface area contributed by atoms with Crippen molar-refractivity contribution < 1.29 is 41.0 Å². The van der Waals surface area contributed by atoms with Crippen molar-refractivity contribution in [2.45, 2.75) is 24.4 Å². The van der Waals surface area contributed by atoms with Crippen LogP contribution in [0.2, 0.25) is 0 Å². The molecule has 2 aromatic rings. The molecule has 8 nitrogen and oxygen atoms in total. The normalized spacial score (nSPS) is 13.4. The number of carbonyl (C=O) groups excluding carboxylic acids is 1. The fraction of sp³-hybridized carbons (Fsp3) is 0.353. The van der Waals surface area contributed by atoms with E-state index in [-0.39, 0.29) is 17.5 Å². The Hall–Kier alpha value is -3.10. The number of aromatic nitrogens is 3. The largest absolute Gasteiger partial charge is 0.509 e. The highest BCUT2D eigenvalue weighted by molar-refractivity contribution is 7.99. The minimum Gasteiger partial charge on any atom is -0.509 e. The number of rotatable bonds is 7. The fourth-order valence-corrected chi connectivity index (χ4v) is 2.91. The van der Waals surface area contributed by atoms with Crippen LogP contribution in [-0.4, -0.2) is 38.2 Å². The molecule has 0 unspecified atom stereocenters. The second kappa shape index (κ2) is 10.0. The second-order valence-corrected chi connectivity index (χ2v) is 6.85. The zero-order chi connectivity index (χ0) is 24.1. The van der Waals surface area contributed by atoms with Crippen molar-refractivity contribution in [3.8, 4) is 0 Å². The Labute approximate surface area is 181 Å². The van der Waals surface area contributed by atoms with Crippen molar-refractivity contribution in [1.29, 1.82) is 0 Å². The highest BCUT2D eigenvalue weighted by atomic mass is 32.2. The number of hydrogen-bond acceptors (Lipinski definition) is 8. The van der Waals surface area contributed by atoms with Gasteiger partial charge in [0.05, 0.1) is 23.6 Å². The molecule has 15 heteroatoms. The second-order valence-electron chi connectivity index (χ2n) is 5.91. The van der Waals surface area contributed by atoms with Crippen molar-refractivity contribution in [3.63, 3.8) is 0 Å². The predicted octanol–water partition coefficient (Wildman–Crippen LogP) is 5.06. The average molecular weight is 483 g/mol. The molecule has 1 aromatic carbocycles. The quantitative estimate of drug-likeness (QED) is 0.148. The number of aliphatic hydroxyl groups excluding tert-OH is 1. The van der Waals surface area contributed by atoms with Gasteiger partial charge in [0.2, 0.25) is 11.5 Å². The molecular formula is C17H15F6N5O3S. The minimum absolute atomic E-state index is 0.0524. The van der Waals surface area contributed by atoms with Crippen LogP contribution in [0, 0.1) is 0 Å². The number of nitrogens with zero attached hydrogens (tertiary/aromatic N) is 5. The van der Waals surface area contributed by atoms with Gasteiger partial charge in [0, 0.05) is 7.05 Å². The van der Waals surface area contributed by atoms with E-state index >= 15 is 0 Å². The van der Waals surface area contributed by atoms with Gasteiger partial charge in [-0.15, -0.1) is 15.3 Å². The van der Waals surface area contributed by atoms with Crippen molar-refractivity contribution in [2.75, 3.05) is 12.4 Å². The number of esters is 1. The van der Waals surface area contributed by atoms with Crippen molar-refractivity contribution in [1.82, 2.24) is 14.8 Å². The summed E-state index contributed by atoms with van der Waals surface area (Å²) in [6.45, 7) is 1.39. The number of azo groups is 1. The van der Waals surface area contributed by atoms with Crippen molar-refractivity contribution >= 4 is 23.4 Å². The standard InChI is InChI=1S/C17H15F6N5O3S/c1-3-31-13(30)12(25-24-10-6-4-9(5-7-10)16(18,19)20)11(29)8-32-15-27-26-14(28(15)2)17(21,22)23/h4-7,29H,3,8H2,1-2H3/b12-11+,25-24?. The van der Waals surface area contributed by atoms with Gasteiger partial charge in [0.1, 0.15) is 5.76 Å². The summed E-state index contributed by atoms with van der Waals surface area (Å²) in [7, 11) is 1.07. The number of carbonyl (C=O) groups is 1. The Kier molecular flexibility index (Phi) is 7.87. The van der Waals surface area contributed by atoms with E-state index in [1.165, 1.54) is 6.92 Å². The molecule has 0 bridgehead atoms. The van der Waals surface area contributed by atoms with Crippen LogP contribution in [0.25, 0.3) is 0 Å². The number of aliphatic hydroxyl groups is 1. The molecule has 0 saturated carbocycles. The molecule has 0 atom stereocenters. The van der Waals surface area contributed by atoms with Crippen LogP contribution in [0.1, 0.15) is 18.3 Å². The zero-order valence-corrected chi connectivity index (χ0v) is 17.2. The summed E-state index contributed by atoms with van der Waals surface area (Å²) in [6.07, 6.45) is -9.28. The topological polar surface area (TPSA) is 102 Å². The summed E-state index contributed by atoms with van der Waals surface area (Å²) in [5.41, 5.74) is -1.64. The predicted molar refractivity (Wildman–Crippen MR) is 99.0 cm³/mol. The Balaban J connectivity index is 2.24. The molecule has 0 aliphatic rings. The van der Waals surface area contributed by atoms with Crippen LogP contribution in [-0.2, 0) is 28.9 Å². The number of ether oxygens (including phenoxy) is 1. The summed E-state index contributed by atoms with van der Waals surface area (Å²) in [6, 6.07) is 3.51. The summed E-state index contributed by atoms with van der Waals surface area (Å²) >= 11 is 0.629. The minimum atomic E-state index is -4.73. The number of alkyl halides is 6. The van der Waals surface area contributed by atoms with E-state index in [0.29, 0.717) is 16.3 Å². The van der Waals surface area contributed by atoms with E-state index in [4.69, 9.17) is 4.74 Å². The lowest BCUT2D eigenvalue weighted by molar-refractivity contribution is -0.147. The van der Waals surface area contributed by atoms with Gasteiger partial charge in [-0.05, 0) is 31.2 Å². The summed E-state index contributed by atoms with van der Waals surface area (Å²) in [5, 5.41) is 23.6. The average Bonchev–Trinajstić information content (AvgIpc) is 3.07. The van der Waals surface area contributed by atoms with E-state index in [2.05, 4.69) is 20.4 Å². The molecule has 1 N–H and O–H groups in total. The van der Waals surface area contributed by atoms with Gasteiger partial charge in [-0.2, -0.15) is 31.5 Å². The first kappa shape index (κ1) is 25.2. The molecule has 0 fully saturated rings. The lowest BCUT2D eigenvalue weighted by atomic mass is 10.2. The molecule has 1 aromatic heterocycles. The summed E-state index contributed by atoms with van der Waals surface area (Å²) in [4.78, 5) is 12.1. The molecule has 174 valence electrons. The van der Waals surface area contributed by atoms with Crippen molar-refractivity contribution in [3.05, 3.63) is 47.1 Å². The SMILES string of the molecule is CCOC(=O)/C(N=Nc1ccc(C(F)(F)F)cc1)=C(\O)CSc1nnc(C(F)(F)F)n1C. The van der Waals surface area contributed by atoms with Crippen LogP contribution in [0.4, 0.5) is 32.0 Å². The number of benzene rings is 1. The number of hydrogen-bond donors (Lipinski definition) is 1. The van der Waals surface area contributed by atoms with Crippen LogP contribution < -0.4 is 0 Å². The summed E-state index contributed by atoms with van der Waals surface area (Å²) < 4.78 is 81.6. The Morgan fingerprint density at radius 1 is 1.12 bits per heavy atom. The molecule has 1 heterocycles. The maximum atomic E-state index is 12.8.